The molecule has 0 saturated carbocycles. The van der Waals surface area contributed by atoms with E-state index >= 15 is 0 Å². The molecule has 1 aromatic rings. The van der Waals surface area contributed by atoms with Crippen LogP contribution in [0.5, 0.6) is 0 Å². The van der Waals surface area contributed by atoms with Crippen LogP contribution in [-0.2, 0) is 6.54 Å². The lowest BCUT2D eigenvalue weighted by atomic mass is 10.1. The van der Waals surface area contributed by atoms with Gasteiger partial charge in [-0.2, -0.15) is 0 Å². The molecule has 0 spiro atoms. The summed E-state index contributed by atoms with van der Waals surface area (Å²) < 4.78 is 2.41. The maximum Gasteiger partial charge on any atom is 0.0222 e. The fourth-order valence-corrected chi connectivity index (χ4v) is 2.05. The molecule has 0 N–H and O–H groups in total. The van der Waals surface area contributed by atoms with E-state index in [0.717, 1.165) is 0 Å². The van der Waals surface area contributed by atoms with Crippen LogP contribution in [0.4, 0.5) is 0 Å². The average Bonchev–Trinajstić information content (AvgIpc) is 2.46. The van der Waals surface area contributed by atoms with Gasteiger partial charge in [0.1, 0.15) is 0 Å². The Bertz CT molecular complexity index is 297. The molecular formula is C14H25N. The van der Waals surface area contributed by atoms with Gasteiger partial charge in [0.05, 0.1) is 0 Å². The summed E-state index contributed by atoms with van der Waals surface area (Å²) in [5.41, 5.74) is 4.34. The van der Waals surface area contributed by atoms with Gasteiger partial charge < -0.3 is 4.57 Å². The number of rotatable bonds is 6. The van der Waals surface area contributed by atoms with Gasteiger partial charge in [-0.15, -0.1) is 0 Å². The third-order valence-electron chi connectivity index (χ3n) is 3.42. The van der Waals surface area contributed by atoms with Gasteiger partial charge in [0.2, 0.25) is 0 Å². The lowest BCUT2D eigenvalue weighted by molar-refractivity contribution is 0.563. The van der Waals surface area contributed by atoms with Gasteiger partial charge in [-0.1, -0.05) is 32.6 Å². The number of aryl methyl sites for hydroxylation is 2. The number of aromatic nitrogens is 1. The second-order valence-corrected chi connectivity index (χ2v) is 4.63. The van der Waals surface area contributed by atoms with Crippen LogP contribution in [0.15, 0.2) is 6.20 Å². The minimum absolute atomic E-state index is 1.20. The number of hydrogen-bond acceptors (Lipinski definition) is 0. The molecule has 0 fully saturated rings. The predicted octanol–water partition coefficient (Wildman–Crippen LogP) is 4.38. The van der Waals surface area contributed by atoms with Crippen molar-refractivity contribution in [2.45, 2.75) is 66.3 Å². The van der Waals surface area contributed by atoms with E-state index in [1.807, 2.05) is 0 Å². The number of nitrogens with zero attached hydrogens (tertiary/aromatic N) is 1. The van der Waals surface area contributed by atoms with E-state index in [-0.39, 0.29) is 0 Å². The van der Waals surface area contributed by atoms with E-state index in [1.165, 1.54) is 55.5 Å². The minimum atomic E-state index is 1.20. The first-order valence-electron chi connectivity index (χ1n) is 6.29. The van der Waals surface area contributed by atoms with Gasteiger partial charge in [0, 0.05) is 18.4 Å². The second kappa shape index (κ2) is 5.99. The van der Waals surface area contributed by atoms with Gasteiger partial charge in [0.25, 0.3) is 0 Å². The molecule has 0 aliphatic heterocycles. The van der Waals surface area contributed by atoms with Gasteiger partial charge >= 0.3 is 0 Å². The average molecular weight is 207 g/mol. The van der Waals surface area contributed by atoms with Crippen molar-refractivity contribution in [1.29, 1.82) is 0 Å². The maximum atomic E-state index is 2.41. The monoisotopic (exact) mass is 207 g/mol. The Morgan fingerprint density at radius 1 is 1.00 bits per heavy atom. The fourth-order valence-electron chi connectivity index (χ4n) is 2.05. The van der Waals surface area contributed by atoms with Crippen LogP contribution in [0.2, 0.25) is 0 Å². The summed E-state index contributed by atoms with van der Waals surface area (Å²) in [6.07, 6.45) is 9.13. The van der Waals surface area contributed by atoms with Crippen molar-refractivity contribution in [3.63, 3.8) is 0 Å². The van der Waals surface area contributed by atoms with E-state index in [0.29, 0.717) is 0 Å². The van der Waals surface area contributed by atoms with E-state index in [9.17, 15) is 0 Å². The first-order valence-corrected chi connectivity index (χ1v) is 6.29. The Kier molecular flexibility index (Phi) is 4.93. The summed E-state index contributed by atoms with van der Waals surface area (Å²) in [5, 5.41) is 0. The first kappa shape index (κ1) is 12.4. The molecule has 0 unspecified atom stereocenters. The predicted molar refractivity (Wildman–Crippen MR) is 67.4 cm³/mol. The van der Waals surface area contributed by atoms with E-state index in [2.05, 4.69) is 38.5 Å². The highest BCUT2D eigenvalue weighted by Gasteiger charge is 2.03. The minimum Gasteiger partial charge on any atom is -0.351 e. The fraction of sp³-hybridized carbons (Fsp3) is 0.714. The zero-order valence-corrected chi connectivity index (χ0v) is 10.8. The molecule has 0 saturated heterocycles. The largest absolute Gasteiger partial charge is 0.351 e. The van der Waals surface area contributed by atoms with Crippen LogP contribution < -0.4 is 0 Å². The lowest BCUT2D eigenvalue weighted by Gasteiger charge is -2.06. The summed E-state index contributed by atoms with van der Waals surface area (Å²) in [5.74, 6) is 0. The van der Waals surface area contributed by atoms with Crippen molar-refractivity contribution in [2.75, 3.05) is 0 Å². The molecule has 15 heavy (non-hydrogen) atoms. The Morgan fingerprint density at radius 2 is 1.67 bits per heavy atom. The van der Waals surface area contributed by atoms with Crippen molar-refractivity contribution in [1.82, 2.24) is 4.57 Å². The standard InChI is InChI=1S/C14H25N/c1-5-6-7-8-9-10-15-11-12(2)13(3)14(15)4/h11H,5-10H2,1-4H3. The third-order valence-corrected chi connectivity index (χ3v) is 3.42. The summed E-state index contributed by atoms with van der Waals surface area (Å²) in [6, 6.07) is 0. The topological polar surface area (TPSA) is 4.93 Å². The highest BCUT2D eigenvalue weighted by Crippen LogP contribution is 2.15. The lowest BCUT2D eigenvalue weighted by Crippen LogP contribution is -1.98. The van der Waals surface area contributed by atoms with Crippen molar-refractivity contribution < 1.29 is 0 Å². The Balaban J connectivity index is 2.34. The summed E-state index contributed by atoms with van der Waals surface area (Å²) in [7, 11) is 0. The molecule has 0 aromatic carbocycles. The molecule has 0 atom stereocenters. The Hall–Kier alpha value is -0.720. The van der Waals surface area contributed by atoms with Crippen LogP contribution in [0.1, 0.15) is 55.8 Å². The Labute approximate surface area is 94.5 Å². The summed E-state index contributed by atoms with van der Waals surface area (Å²) >= 11 is 0. The third kappa shape index (κ3) is 3.40. The molecule has 1 aromatic heterocycles. The molecule has 1 heterocycles. The molecule has 0 aliphatic carbocycles. The normalized spacial score (nSPS) is 10.9. The van der Waals surface area contributed by atoms with E-state index in [4.69, 9.17) is 0 Å². The molecule has 0 bridgehead atoms. The van der Waals surface area contributed by atoms with Crippen LogP contribution in [0.3, 0.4) is 0 Å². The van der Waals surface area contributed by atoms with Gasteiger partial charge in [-0.3, -0.25) is 0 Å². The van der Waals surface area contributed by atoms with Gasteiger partial charge in [-0.25, -0.2) is 0 Å². The molecular weight excluding hydrogens is 182 g/mol. The van der Waals surface area contributed by atoms with Crippen LogP contribution in [0.25, 0.3) is 0 Å². The second-order valence-electron chi connectivity index (χ2n) is 4.63. The molecule has 1 heteroatoms. The highest BCUT2D eigenvalue weighted by atomic mass is 15.0. The first-order chi connectivity index (χ1) is 7.16. The molecule has 1 rings (SSSR count). The molecule has 0 radical (unpaired) electrons. The molecule has 1 nitrogen and oxygen atoms in total. The van der Waals surface area contributed by atoms with Gasteiger partial charge in [-0.05, 0) is 38.3 Å². The quantitative estimate of drug-likeness (QED) is 0.610. The van der Waals surface area contributed by atoms with E-state index in [1.54, 1.807) is 0 Å². The maximum absolute atomic E-state index is 2.41. The number of unbranched alkanes of at least 4 members (excludes halogenated alkanes) is 4. The highest BCUT2D eigenvalue weighted by molar-refractivity contribution is 5.28. The molecule has 0 amide bonds. The van der Waals surface area contributed by atoms with E-state index < -0.39 is 0 Å². The van der Waals surface area contributed by atoms with Crippen LogP contribution in [-0.4, -0.2) is 4.57 Å². The molecule has 0 aliphatic rings. The zero-order chi connectivity index (χ0) is 11.3. The summed E-state index contributed by atoms with van der Waals surface area (Å²) in [6.45, 7) is 10.1. The summed E-state index contributed by atoms with van der Waals surface area (Å²) in [4.78, 5) is 0. The Morgan fingerprint density at radius 3 is 2.20 bits per heavy atom. The molecule has 86 valence electrons. The van der Waals surface area contributed by atoms with Gasteiger partial charge in [0.15, 0.2) is 0 Å². The zero-order valence-electron chi connectivity index (χ0n) is 10.8. The van der Waals surface area contributed by atoms with Crippen molar-refractivity contribution in [3.8, 4) is 0 Å². The SMILES string of the molecule is CCCCCCCn1cc(C)c(C)c1C. The van der Waals surface area contributed by atoms with Crippen molar-refractivity contribution >= 4 is 0 Å². The van der Waals surface area contributed by atoms with Crippen molar-refractivity contribution in [2.24, 2.45) is 0 Å². The number of hydrogen-bond donors (Lipinski definition) is 0. The van der Waals surface area contributed by atoms with Crippen molar-refractivity contribution in [3.05, 3.63) is 23.0 Å². The van der Waals surface area contributed by atoms with Crippen LogP contribution >= 0.6 is 0 Å². The van der Waals surface area contributed by atoms with Crippen LogP contribution in [0, 0.1) is 20.8 Å². The smallest absolute Gasteiger partial charge is 0.0222 e.